The topological polar surface area (TPSA) is 124 Å². The average molecular weight is 883 g/mol. The SMILES string of the molecule is C=C(C)C(=O)OC(C)(C)CC(C)(C)COCc1cc(-c2ccc(S(=O)(=O)c3ccc(-c4ccc(OC)c(COCC(C)(C)CC(C)(C)OC(=O)C(=C)C)c4)cc3)cc2)ccc1OC. The van der Waals surface area contributed by atoms with Gasteiger partial charge in [-0.05, 0) is 136 Å². The quantitative estimate of drug-likeness (QED) is 0.0556. The summed E-state index contributed by atoms with van der Waals surface area (Å²) in [5.41, 5.74) is 3.84. The number of carbonyl (C=O) groups is 2. The highest BCUT2D eigenvalue weighted by Crippen LogP contribution is 2.35. The lowest BCUT2D eigenvalue weighted by atomic mass is 9.82. The molecule has 0 unspecified atom stereocenters. The van der Waals surface area contributed by atoms with E-state index in [4.69, 9.17) is 28.4 Å². The number of carbonyl (C=O) groups excluding carboxylic acids is 2. The summed E-state index contributed by atoms with van der Waals surface area (Å²) in [7, 11) is -0.601. The van der Waals surface area contributed by atoms with E-state index in [0.29, 0.717) is 48.7 Å². The van der Waals surface area contributed by atoms with Crippen LogP contribution in [0.2, 0.25) is 0 Å². The molecule has 0 fully saturated rings. The van der Waals surface area contributed by atoms with Gasteiger partial charge in [0.2, 0.25) is 9.84 Å². The fourth-order valence-electron chi connectivity index (χ4n) is 7.96. The zero-order valence-corrected chi connectivity index (χ0v) is 40.0. The number of hydrogen-bond donors (Lipinski definition) is 0. The molecule has 0 heterocycles. The first kappa shape index (κ1) is 50.4. The molecule has 0 aromatic heterocycles. The lowest BCUT2D eigenvalue weighted by Gasteiger charge is -2.34. The summed E-state index contributed by atoms with van der Waals surface area (Å²) in [4.78, 5) is 24.7. The van der Waals surface area contributed by atoms with Crippen LogP contribution in [0.1, 0.15) is 93.2 Å². The van der Waals surface area contributed by atoms with Gasteiger partial charge in [-0.1, -0.05) is 77.3 Å². The Balaban J connectivity index is 1.42. The molecular formula is C52H66O10S. The van der Waals surface area contributed by atoms with Crippen LogP contribution in [0.5, 0.6) is 11.5 Å². The first-order chi connectivity index (χ1) is 29.3. The fourth-order valence-corrected chi connectivity index (χ4v) is 9.22. The van der Waals surface area contributed by atoms with Gasteiger partial charge in [-0.15, -0.1) is 0 Å². The van der Waals surface area contributed by atoms with Gasteiger partial charge in [-0.2, -0.15) is 0 Å². The predicted molar refractivity (Wildman–Crippen MR) is 248 cm³/mol. The largest absolute Gasteiger partial charge is 0.496 e. The van der Waals surface area contributed by atoms with Gasteiger partial charge in [-0.3, -0.25) is 0 Å². The molecule has 4 aromatic rings. The number of rotatable bonds is 22. The fraction of sp³-hybridized carbons (Fsp3) is 0.423. The van der Waals surface area contributed by atoms with E-state index in [9.17, 15) is 18.0 Å². The molecule has 0 radical (unpaired) electrons. The van der Waals surface area contributed by atoms with Gasteiger partial charge in [0, 0.05) is 22.3 Å². The Morgan fingerprint density at radius 2 is 0.841 bits per heavy atom. The molecule has 0 N–H and O–H groups in total. The molecular weight excluding hydrogens is 817 g/mol. The highest BCUT2D eigenvalue weighted by atomic mass is 32.2. The molecule has 0 aliphatic carbocycles. The van der Waals surface area contributed by atoms with Crippen molar-refractivity contribution in [2.75, 3.05) is 27.4 Å². The number of methoxy groups -OCH3 is 2. The van der Waals surface area contributed by atoms with Crippen molar-refractivity contribution in [1.29, 1.82) is 0 Å². The molecule has 340 valence electrons. The van der Waals surface area contributed by atoms with E-state index < -0.39 is 33.0 Å². The van der Waals surface area contributed by atoms with Gasteiger partial charge >= 0.3 is 11.9 Å². The van der Waals surface area contributed by atoms with E-state index in [1.807, 2.05) is 64.1 Å². The summed E-state index contributed by atoms with van der Waals surface area (Å²) in [6.45, 7) is 27.8. The Morgan fingerprint density at radius 1 is 0.524 bits per heavy atom. The predicted octanol–water partition coefficient (Wildman–Crippen LogP) is 11.5. The van der Waals surface area contributed by atoms with Gasteiger partial charge in [0.1, 0.15) is 22.7 Å². The zero-order valence-electron chi connectivity index (χ0n) is 39.2. The van der Waals surface area contributed by atoms with Crippen LogP contribution >= 0.6 is 0 Å². The molecule has 0 atom stereocenters. The minimum atomic E-state index is -3.82. The van der Waals surface area contributed by atoms with Crippen LogP contribution in [-0.4, -0.2) is 59.0 Å². The molecule has 0 aliphatic heterocycles. The third-order valence-electron chi connectivity index (χ3n) is 10.3. The monoisotopic (exact) mass is 882 g/mol. The van der Waals surface area contributed by atoms with Gasteiger partial charge in [0.05, 0.1) is 50.4 Å². The molecule has 0 aliphatic rings. The van der Waals surface area contributed by atoms with Crippen LogP contribution < -0.4 is 9.47 Å². The number of benzene rings is 4. The number of hydrogen-bond acceptors (Lipinski definition) is 10. The molecule has 0 spiro atoms. The molecule has 11 heteroatoms. The standard InChI is InChI=1S/C52H66O10S/c1-35(2)47(53)61-51(9,10)31-49(5,6)33-59-29-41-27-39(19-25-45(41)57-13)37-15-21-43(22-16-37)63(55,56)44-23-17-38(18-24-44)40-20-26-46(58-14)42(28-40)30-60-34-50(7,8)32-52(11,12)62-48(54)36(3)4/h15-28H,1,3,29-34H2,2,4-14H3. The number of sulfone groups is 1. The van der Waals surface area contributed by atoms with Crippen molar-refractivity contribution in [3.8, 4) is 33.8 Å². The third-order valence-corrected chi connectivity index (χ3v) is 12.1. The molecule has 10 nitrogen and oxygen atoms in total. The molecule has 0 saturated carbocycles. The van der Waals surface area contributed by atoms with E-state index in [1.165, 1.54) is 0 Å². The second kappa shape index (κ2) is 20.5. The maximum absolute atomic E-state index is 13.8. The second-order valence-electron chi connectivity index (χ2n) is 19.1. The lowest BCUT2D eigenvalue weighted by molar-refractivity contribution is -0.156. The maximum atomic E-state index is 13.8. The van der Waals surface area contributed by atoms with Crippen molar-refractivity contribution in [3.05, 3.63) is 120 Å². The van der Waals surface area contributed by atoms with Crippen LogP contribution in [-0.2, 0) is 51.6 Å². The molecule has 0 amide bonds. The third kappa shape index (κ3) is 14.4. The summed E-state index contributed by atoms with van der Waals surface area (Å²) in [6, 6.07) is 25.3. The van der Waals surface area contributed by atoms with Crippen molar-refractivity contribution in [3.63, 3.8) is 0 Å². The van der Waals surface area contributed by atoms with Crippen molar-refractivity contribution < 1.29 is 46.4 Å². The molecule has 0 saturated heterocycles. The van der Waals surface area contributed by atoms with Crippen LogP contribution in [0.3, 0.4) is 0 Å². The van der Waals surface area contributed by atoms with E-state index in [0.717, 1.165) is 33.4 Å². The smallest absolute Gasteiger partial charge is 0.333 e. The van der Waals surface area contributed by atoms with Crippen molar-refractivity contribution in [2.24, 2.45) is 10.8 Å². The van der Waals surface area contributed by atoms with Gasteiger partial charge in [0.15, 0.2) is 0 Å². The Hall–Kier alpha value is -5.23. The van der Waals surface area contributed by atoms with Crippen molar-refractivity contribution in [1.82, 2.24) is 0 Å². The van der Waals surface area contributed by atoms with E-state index in [1.54, 1.807) is 76.6 Å². The minimum Gasteiger partial charge on any atom is -0.496 e. The van der Waals surface area contributed by atoms with Crippen LogP contribution in [0.25, 0.3) is 22.3 Å². The van der Waals surface area contributed by atoms with Crippen molar-refractivity contribution >= 4 is 21.8 Å². The van der Waals surface area contributed by atoms with Crippen molar-refractivity contribution in [2.45, 2.75) is 116 Å². The minimum absolute atomic E-state index is 0.180. The Morgan fingerprint density at radius 3 is 1.14 bits per heavy atom. The maximum Gasteiger partial charge on any atom is 0.333 e. The normalized spacial score (nSPS) is 12.4. The summed E-state index contributed by atoms with van der Waals surface area (Å²) >= 11 is 0. The Kier molecular flexibility index (Phi) is 16.4. The number of ether oxygens (including phenoxy) is 6. The number of esters is 2. The molecule has 4 rings (SSSR count). The summed E-state index contributed by atoms with van der Waals surface area (Å²) in [5.74, 6) is 0.521. The van der Waals surface area contributed by atoms with E-state index in [2.05, 4.69) is 40.9 Å². The molecule has 4 aromatic carbocycles. The van der Waals surface area contributed by atoms with E-state index >= 15 is 0 Å². The van der Waals surface area contributed by atoms with Crippen LogP contribution in [0.15, 0.2) is 119 Å². The molecule has 63 heavy (non-hydrogen) atoms. The van der Waals surface area contributed by atoms with Gasteiger partial charge in [0.25, 0.3) is 0 Å². The lowest BCUT2D eigenvalue weighted by Crippen LogP contribution is -2.36. The van der Waals surface area contributed by atoms with E-state index in [-0.39, 0.29) is 33.8 Å². The summed E-state index contributed by atoms with van der Waals surface area (Å²) in [5, 5.41) is 0. The highest BCUT2D eigenvalue weighted by Gasteiger charge is 2.34. The second-order valence-corrected chi connectivity index (χ2v) is 21.1. The summed E-state index contributed by atoms with van der Waals surface area (Å²) < 4.78 is 62.6. The van der Waals surface area contributed by atoms with Crippen LogP contribution in [0, 0.1) is 10.8 Å². The molecule has 0 bridgehead atoms. The van der Waals surface area contributed by atoms with Crippen LogP contribution in [0.4, 0.5) is 0 Å². The first-order valence-corrected chi connectivity index (χ1v) is 22.5. The van der Waals surface area contributed by atoms with Gasteiger partial charge in [-0.25, -0.2) is 18.0 Å². The average Bonchev–Trinajstić information content (AvgIpc) is 3.19. The Labute approximate surface area is 375 Å². The first-order valence-electron chi connectivity index (χ1n) is 21.0. The zero-order chi connectivity index (χ0) is 47.0. The highest BCUT2D eigenvalue weighted by molar-refractivity contribution is 7.91. The Bertz CT molecular complexity index is 2210. The summed E-state index contributed by atoms with van der Waals surface area (Å²) in [6.07, 6.45) is 1.16. The van der Waals surface area contributed by atoms with Gasteiger partial charge < -0.3 is 28.4 Å².